The lowest BCUT2D eigenvalue weighted by Gasteiger charge is -2.31. The van der Waals surface area contributed by atoms with Crippen LogP contribution in [0.4, 0.5) is 11.4 Å². The zero-order chi connectivity index (χ0) is 22.8. The molecule has 1 amide bonds. The van der Waals surface area contributed by atoms with E-state index in [2.05, 4.69) is 10.2 Å². The van der Waals surface area contributed by atoms with Gasteiger partial charge in [0.25, 0.3) is 5.91 Å². The predicted molar refractivity (Wildman–Crippen MR) is 125 cm³/mol. The van der Waals surface area contributed by atoms with Gasteiger partial charge in [-0.3, -0.25) is 9.48 Å². The largest absolute Gasteiger partial charge is 0.392 e. The molecule has 0 aliphatic carbocycles. The standard InChI is InChI=1S/C24H24ClN5O2/c1-4-27-20-10-18(25)9-17(14-31)23(20)21-11-22-24(32)29(12-15(2)30(22)28-21)13-16-5-7-19(26-3)8-6-16/h5-11,15,27,31H,4,12-14H2,1-2H3/t15-/m0/s1. The molecule has 0 saturated carbocycles. The monoisotopic (exact) mass is 449 g/mol. The topological polar surface area (TPSA) is 74.8 Å². The van der Waals surface area contributed by atoms with Crippen LogP contribution in [0.2, 0.25) is 5.02 Å². The van der Waals surface area contributed by atoms with Gasteiger partial charge in [0.15, 0.2) is 5.69 Å². The van der Waals surface area contributed by atoms with Crippen molar-refractivity contribution < 1.29 is 9.90 Å². The summed E-state index contributed by atoms with van der Waals surface area (Å²) in [4.78, 5) is 18.5. The van der Waals surface area contributed by atoms with Gasteiger partial charge in [0.05, 0.1) is 24.9 Å². The van der Waals surface area contributed by atoms with Crippen molar-refractivity contribution in [1.82, 2.24) is 14.7 Å². The zero-order valence-corrected chi connectivity index (χ0v) is 18.7. The van der Waals surface area contributed by atoms with Crippen molar-refractivity contribution in [2.45, 2.75) is 33.0 Å². The van der Waals surface area contributed by atoms with Crippen LogP contribution in [0, 0.1) is 6.57 Å². The Bertz CT molecular complexity index is 1200. The Labute approximate surface area is 192 Å². The number of nitrogens with zero attached hydrogens (tertiary/aromatic N) is 4. The molecule has 1 aliphatic heterocycles. The fraction of sp³-hybridized carbons (Fsp3) is 0.292. The number of benzene rings is 2. The molecule has 7 nitrogen and oxygen atoms in total. The summed E-state index contributed by atoms with van der Waals surface area (Å²) < 4.78 is 1.77. The molecule has 4 rings (SSSR count). The molecule has 0 fully saturated rings. The first-order valence-corrected chi connectivity index (χ1v) is 10.9. The molecule has 2 N–H and O–H groups in total. The van der Waals surface area contributed by atoms with Crippen molar-refractivity contribution in [3.05, 3.63) is 75.7 Å². The van der Waals surface area contributed by atoms with Crippen LogP contribution in [-0.2, 0) is 13.2 Å². The van der Waals surface area contributed by atoms with E-state index in [1.165, 1.54) is 0 Å². The second-order valence-corrected chi connectivity index (χ2v) is 8.28. The first-order chi connectivity index (χ1) is 15.4. The first kappa shape index (κ1) is 21.9. The quantitative estimate of drug-likeness (QED) is 0.525. The van der Waals surface area contributed by atoms with Crippen molar-refractivity contribution in [3.8, 4) is 11.3 Å². The number of rotatable bonds is 6. The van der Waals surface area contributed by atoms with E-state index in [0.717, 1.165) is 16.8 Å². The third-order valence-electron chi connectivity index (χ3n) is 5.56. The van der Waals surface area contributed by atoms with Gasteiger partial charge in [-0.15, -0.1) is 0 Å². The summed E-state index contributed by atoms with van der Waals surface area (Å²) in [5.74, 6) is -0.0966. The number of hydrogen-bond donors (Lipinski definition) is 2. The number of nitrogens with one attached hydrogen (secondary N) is 1. The smallest absolute Gasteiger partial charge is 0.272 e. The number of aliphatic hydroxyl groups excluding tert-OH is 1. The van der Waals surface area contributed by atoms with Crippen molar-refractivity contribution in [2.75, 3.05) is 18.4 Å². The highest BCUT2D eigenvalue weighted by molar-refractivity contribution is 6.31. The Morgan fingerprint density at radius 2 is 2.03 bits per heavy atom. The highest BCUT2D eigenvalue weighted by Crippen LogP contribution is 2.36. The molecule has 32 heavy (non-hydrogen) atoms. The van der Waals surface area contributed by atoms with E-state index in [9.17, 15) is 9.90 Å². The summed E-state index contributed by atoms with van der Waals surface area (Å²) in [6, 6.07) is 12.6. The van der Waals surface area contributed by atoms with Gasteiger partial charge in [-0.05, 0) is 43.2 Å². The Kier molecular flexibility index (Phi) is 6.17. The van der Waals surface area contributed by atoms with E-state index >= 15 is 0 Å². The second-order valence-electron chi connectivity index (χ2n) is 7.85. The van der Waals surface area contributed by atoms with E-state index in [0.29, 0.717) is 47.3 Å². The number of halogens is 1. The number of aliphatic hydroxyl groups is 1. The lowest BCUT2D eigenvalue weighted by atomic mass is 10.0. The van der Waals surface area contributed by atoms with E-state index in [1.54, 1.807) is 33.8 Å². The van der Waals surface area contributed by atoms with Crippen molar-refractivity contribution in [2.24, 2.45) is 0 Å². The van der Waals surface area contributed by atoms with Crippen molar-refractivity contribution in [1.29, 1.82) is 0 Å². The molecule has 0 saturated heterocycles. The van der Waals surface area contributed by atoms with Crippen molar-refractivity contribution >= 4 is 28.9 Å². The maximum Gasteiger partial charge on any atom is 0.272 e. The van der Waals surface area contributed by atoms with E-state index in [4.69, 9.17) is 23.3 Å². The van der Waals surface area contributed by atoms with Gasteiger partial charge in [0.1, 0.15) is 5.69 Å². The van der Waals surface area contributed by atoms with Gasteiger partial charge >= 0.3 is 0 Å². The molecule has 0 unspecified atom stereocenters. The van der Waals surface area contributed by atoms with Gasteiger partial charge < -0.3 is 15.3 Å². The van der Waals surface area contributed by atoms with Crippen molar-refractivity contribution in [3.63, 3.8) is 0 Å². The Balaban J connectivity index is 1.70. The molecular weight excluding hydrogens is 426 g/mol. The molecule has 2 heterocycles. The highest BCUT2D eigenvalue weighted by atomic mass is 35.5. The summed E-state index contributed by atoms with van der Waals surface area (Å²) in [6.07, 6.45) is 0. The van der Waals surface area contributed by atoms with Gasteiger partial charge in [0.2, 0.25) is 0 Å². The number of amides is 1. The van der Waals surface area contributed by atoms with Crippen LogP contribution in [-0.4, -0.2) is 38.8 Å². The Morgan fingerprint density at radius 1 is 1.28 bits per heavy atom. The zero-order valence-electron chi connectivity index (χ0n) is 18.0. The average Bonchev–Trinajstić information content (AvgIpc) is 3.23. The number of aromatic nitrogens is 2. The molecule has 2 aromatic carbocycles. The van der Waals surface area contributed by atoms with Gasteiger partial charge in [-0.1, -0.05) is 35.9 Å². The maximum absolute atomic E-state index is 13.3. The fourth-order valence-corrected chi connectivity index (χ4v) is 4.35. The minimum atomic E-state index is -0.188. The predicted octanol–water partition coefficient (Wildman–Crippen LogP) is 4.90. The summed E-state index contributed by atoms with van der Waals surface area (Å²) in [6.45, 7) is 12.6. The molecule has 1 aliphatic rings. The first-order valence-electron chi connectivity index (χ1n) is 10.5. The lowest BCUT2D eigenvalue weighted by Crippen LogP contribution is -2.41. The Hall–Kier alpha value is -3.34. The maximum atomic E-state index is 13.3. The second kappa shape index (κ2) is 9.03. The molecule has 1 atom stereocenters. The normalized spacial score (nSPS) is 15.4. The molecule has 8 heteroatoms. The summed E-state index contributed by atoms with van der Waals surface area (Å²) in [7, 11) is 0. The lowest BCUT2D eigenvalue weighted by molar-refractivity contribution is 0.0651. The van der Waals surface area contributed by atoms with Crippen LogP contribution in [0.1, 0.15) is 41.5 Å². The third-order valence-corrected chi connectivity index (χ3v) is 5.78. The molecule has 0 radical (unpaired) electrons. The summed E-state index contributed by atoms with van der Waals surface area (Å²) >= 11 is 6.23. The molecule has 164 valence electrons. The van der Waals surface area contributed by atoms with Gasteiger partial charge in [-0.25, -0.2) is 4.85 Å². The van der Waals surface area contributed by atoms with Crippen LogP contribution in [0.15, 0.2) is 42.5 Å². The highest BCUT2D eigenvalue weighted by Gasteiger charge is 2.31. The van der Waals surface area contributed by atoms with Crippen LogP contribution in [0.3, 0.4) is 0 Å². The third kappa shape index (κ3) is 4.07. The van der Waals surface area contributed by atoms with Crippen LogP contribution in [0.5, 0.6) is 0 Å². The molecule has 1 aromatic heterocycles. The Morgan fingerprint density at radius 3 is 2.69 bits per heavy atom. The molecule has 0 spiro atoms. The number of anilines is 1. The number of carbonyl (C=O) groups is 1. The average molecular weight is 450 g/mol. The van der Waals surface area contributed by atoms with E-state index in [1.807, 2.05) is 32.0 Å². The minimum Gasteiger partial charge on any atom is -0.392 e. The molecule has 0 bridgehead atoms. The number of fused-ring (bicyclic) bond motifs is 1. The van der Waals surface area contributed by atoms with Crippen LogP contribution in [0.25, 0.3) is 16.1 Å². The van der Waals surface area contributed by atoms with E-state index < -0.39 is 0 Å². The number of carbonyl (C=O) groups excluding carboxylic acids is 1. The van der Waals surface area contributed by atoms with Crippen LogP contribution < -0.4 is 5.32 Å². The molecule has 3 aromatic rings. The fourth-order valence-electron chi connectivity index (χ4n) is 4.11. The van der Waals surface area contributed by atoms with Gasteiger partial charge in [-0.2, -0.15) is 5.10 Å². The van der Waals surface area contributed by atoms with Crippen LogP contribution >= 0.6 is 11.6 Å². The number of hydrogen-bond acceptors (Lipinski definition) is 4. The summed E-state index contributed by atoms with van der Waals surface area (Å²) in [5.41, 5.74) is 4.87. The SMILES string of the molecule is [C-]#[N+]c1ccc(CN2C[C@H](C)n3nc(-c4c(CO)cc(Cl)cc4NCC)cc3C2=O)cc1. The minimum absolute atomic E-state index is 0.00794. The van der Waals surface area contributed by atoms with Gasteiger partial charge in [0, 0.05) is 35.9 Å². The summed E-state index contributed by atoms with van der Waals surface area (Å²) in [5, 5.41) is 18.5. The van der Waals surface area contributed by atoms with E-state index in [-0.39, 0.29) is 18.6 Å². The molecular formula is C24H24ClN5O2.